The van der Waals surface area contributed by atoms with Gasteiger partial charge >= 0.3 is 5.97 Å². The number of phenols is 1. The Balaban J connectivity index is 1.62. The number of unbranched alkanes of at least 4 members (excludes halogenated alkanes) is 2. The van der Waals surface area contributed by atoms with Crippen molar-refractivity contribution in [3.05, 3.63) is 64.6 Å². The van der Waals surface area contributed by atoms with Crippen molar-refractivity contribution < 1.29 is 24.5 Å². The number of hydrogen-bond acceptors (Lipinski definition) is 6. The van der Waals surface area contributed by atoms with Crippen LogP contribution in [0, 0.1) is 0 Å². The summed E-state index contributed by atoms with van der Waals surface area (Å²) in [5, 5.41) is 18.8. The Hall–Kier alpha value is -2.84. The van der Waals surface area contributed by atoms with Crippen LogP contribution in [-0.2, 0) is 16.2 Å². The topological polar surface area (TPSA) is 87.1 Å². The molecule has 6 nitrogen and oxygen atoms in total. The van der Waals surface area contributed by atoms with Gasteiger partial charge in [-0.3, -0.25) is 14.5 Å². The molecule has 1 aliphatic rings. The maximum atomic E-state index is 12.7. The van der Waals surface area contributed by atoms with Crippen molar-refractivity contribution in [1.82, 2.24) is 4.90 Å². The van der Waals surface area contributed by atoms with Crippen LogP contribution in [0.5, 0.6) is 11.5 Å². The number of amides is 1. The van der Waals surface area contributed by atoms with Gasteiger partial charge in [0.25, 0.3) is 5.91 Å². The van der Waals surface area contributed by atoms with Gasteiger partial charge in [0.15, 0.2) is 11.5 Å². The van der Waals surface area contributed by atoms with E-state index in [9.17, 15) is 14.7 Å². The summed E-state index contributed by atoms with van der Waals surface area (Å²) in [5.74, 6) is -0.601. The molecule has 1 saturated heterocycles. The number of phenolic OH excluding ortho intramolecular Hbond substituents is 1. The Bertz CT molecular complexity index is 991. The summed E-state index contributed by atoms with van der Waals surface area (Å²) in [6.07, 6.45) is 3.87. The molecule has 1 fully saturated rings. The molecular weight excluding hydrogens is 434 g/mol. The fraction of sp³-hybridized carbons (Fsp3) is 0.261. The van der Waals surface area contributed by atoms with Gasteiger partial charge in [-0.05, 0) is 42.2 Å². The van der Waals surface area contributed by atoms with Crippen LogP contribution in [-0.4, -0.2) is 37.9 Å². The third-order valence-corrected chi connectivity index (χ3v) is 6.04. The standard InChI is InChI=1S/C23H23NO5S2/c25-18-11-10-17(13-19(18)29-15-16-7-3-1-4-8-16)14-20-22(28)24(23(30)31-20)12-6-2-5-9-21(26)27/h1,3-4,7-8,10-11,13-14,25H,2,5-6,9,12,15H2,(H,26,27)/b20-14+. The Morgan fingerprint density at radius 3 is 2.65 bits per heavy atom. The lowest BCUT2D eigenvalue weighted by molar-refractivity contribution is -0.137. The lowest BCUT2D eigenvalue weighted by Crippen LogP contribution is -2.29. The second kappa shape index (κ2) is 11.0. The zero-order chi connectivity index (χ0) is 22.2. The molecule has 162 valence electrons. The molecule has 2 N–H and O–H groups in total. The number of hydrogen-bond donors (Lipinski definition) is 2. The van der Waals surface area contributed by atoms with Crippen LogP contribution >= 0.6 is 24.0 Å². The average Bonchev–Trinajstić information content (AvgIpc) is 3.01. The van der Waals surface area contributed by atoms with E-state index >= 15 is 0 Å². The molecule has 0 aromatic heterocycles. The van der Waals surface area contributed by atoms with Crippen LogP contribution in [0.4, 0.5) is 0 Å². The molecule has 0 unspecified atom stereocenters. The number of ether oxygens (including phenoxy) is 1. The van der Waals surface area contributed by atoms with Crippen molar-refractivity contribution >= 4 is 46.3 Å². The van der Waals surface area contributed by atoms with E-state index < -0.39 is 5.97 Å². The first kappa shape index (κ1) is 22.8. The zero-order valence-corrected chi connectivity index (χ0v) is 18.5. The molecule has 0 atom stereocenters. The molecule has 31 heavy (non-hydrogen) atoms. The van der Waals surface area contributed by atoms with Gasteiger partial charge in [0.1, 0.15) is 10.9 Å². The highest BCUT2D eigenvalue weighted by molar-refractivity contribution is 8.26. The van der Waals surface area contributed by atoms with Crippen molar-refractivity contribution in [3.63, 3.8) is 0 Å². The maximum Gasteiger partial charge on any atom is 0.303 e. The first-order valence-electron chi connectivity index (χ1n) is 9.91. The number of carboxylic acid groups (broad SMARTS) is 1. The monoisotopic (exact) mass is 457 g/mol. The average molecular weight is 458 g/mol. The van der Waals surface area contributed by atoms with Crippen LogP contribution < -0.4 is 4.74 Å². The molecule has 0 saturated carbocycles. The minimum absolute atomic E-state index is 0.0296. The van der Waals surface area contributed by atoms with Crippen molar-refractivity contribution in [2.24, 2.45) is 0 Å². The third-order valence-electron chi connectivity index (χ3n) is 4.66. The normalized spacial score (nSPS) is 15.0. The first-order chi connectivity index (χ1) is 14.9. The van der Waals surface area contributed by atoms with Gasteiger partial charge < -0.3 is 14.9 Å². The smallest absolute Gasteiger partial charge is 0.303 e. The quantitative estimate of drug-likeness (QED) is 0.301. The minimum Gasteiger partial charge on any atom is -0.504 e. The SMILES string of the molecule is O=C(O)CCCCCN1C(=O)/C(=C\c2ccc(O)c(OCc3ccccc3)c2)SC1=S. The van der Waals surface area contributed by atoms with Gasteiger partial charge in [-0.2, -0.15) is 0 Å². The molecule has 1 heterocycles. The van der Waals surface area contributed by atoms with Gasteiger partial charge in [-0.25, -0.2) is 0 Å². The zero-order valence-electron chi connectivity index (χ0n) is 16.8. The van der Waals surface area contributed by atoms with E-state index in [4.69, 9.17) is 22.1 Å². The maximum absolute atomic E-state index is 12.7. The molecule has 0 spiro atoms. The highest BCUT2D eigenvalue weighted by atomic mass is 32.2. The van der Waals surface area contributed by atoms with Crippen molar-refractivity contribution in [3.8, 4) is 11.5 Å². The van der Waals surface area contributed by atoms with Crippen LogP contribution in [0.15, 0.2) is 53.4 Å². The molecule has 1 aliphatic heterocycles. The number of benzene rings is 2. The summed E-state index contributed by atoms with van der Waals surface area (Å²) < 4.78 is 6.24. The summed E-state index contributed by atoms with van der Waals surface area (Å²) >= 11 is 6.58. The molecule has 2 aromatic rings. The predicted octanol–water partition coefficient (Wildman–Crippen LogP) is 4.82. The van der Waals surface area contributed by atoms with E-state index in [-0.39, 0.29) is 18.1 Å². The molecule has 0 radical (unpaired) electrons. The lowest BCUT2D eigenvalue weighted by Gasteiger charge is -2.13. The Kier molecular flexibility index (Phi) is 8.08. The Morgan fingerprint density at radius 2 is 1.90 bits per heavy atom. The lowest BCUT2D eigenvalue weighted by atomic mass is 10.1. The van der Waals surface area contributed by atoms with Gasteiger partial charge in [-0.1, -0.05) is 66.8 Å². The van der Waals surface area contributed by atoms with Crippen molar-refractivity contribution in [2.45, 2.75) is 32.3 Å². The number of thioether (sulfide) groups is 1. The highest BCUT2D eigenvalue weighted by Gasteiger charge is 2.31. The minimum atomic E-state index is -0.811. The van der Waals surface area contributed by atoms with Gasteiger partial charge in [0.05, 0.1) is 4.91 Å². The van der Waals surface area contributed by atoms with E-state index in [1.807, 2.05) is 30.3 Å². The number of nitrogens with zero attached hydrogens (tertiary/aromatic N) is 1. The summed E-state index contributed by atoms with van der Waals surface area (Å²) in [4.78, 5) is 25.4. The van der Waals surface area contributed by atoms with Gasteiger partial charge in [0, 0.05) is 13.0 Å². The van der Waals surface area contributed by atoms with Crippen LogP contribution in [0.3, 0.4) is 0 Å². The molecule has 0 bridgehead atoms. The van der Waals surface area contributed by atoms with E-state index in [1.54, 1.807) is 23.1 Å². The number of rotatable bonds is 10. The summed E-state index contributed by atoms with van der Waals surface area (Å²) in [7, 11) is 0. The number of carboxylic acids is 1. The largest absolute Gasteiger partial charge is 0.504 e. The van der Waals surface area contributed by atoms with Crippen molar-refractivity contribution in [1.29, 1.82) is 0 Å². The van der Waals surface area contributed by atoms with E-state index in [2.05, 4.69) is 0 Å². The molecule has 8 heteroatoms. The van der Waals surface area contributed by atoms with Crippen LogP contribution in [0.25, 0.3) is 6.08 Å². The Morgan fingerprint density at radius 1 is 1.13 bits per heavy atom. The number of carbonyl (C=O) groups is 2. The second-order valence-corrected chi connectivity index (χ2v) is 8.71. The summed E-state index contributed by atoms with van der Waals surface area (Å²) in [6, 6.07) is 14.6. The number of aromatic hydroxyl groups is 1. The van der Waals surface area contributed by atoms with Crippen LogP contribution in [0.2, 0.25) is 0 Å². The van der Waals surface area contributed by atoms with Crippen LogP contribution in [0.1, 0.15) is 36.8 Å². The fourth-order valence-electron chi connectivity index (χ4n) is 3.04. The second-order valence-electron chi connectivity index (χ2n) is 7.04. The molecule has 0 aliphatic carbocycles. The molecule has 2 aromatic carbocycles. The third kappa shape index (κ3) is 6.57. The van der Waals surface area contributed by atoms with E-state index in [0.717, 1.165) is 17.5 Å². The highest BCUT2D eigenvalue weighted by Crippen LogP contribution is 2.34. The molecule has 1 amide bonds. The molecule has 3 rings (SSSR count). The predicted molar refractivity (Wildman–Crippen MR) is 125 cm³/mol. The number of carbonyl (C=O) groups excluding carboxylic acids is 1. The fourth-order valence-corrected chi connectivity index (χ4v) is 4.35. The number of thiocarbonyl (C=S) groups is 1. The van der Waals surface area contributed by atoms with Crippen molar-refractivity contribution in [2.75, 3.05) is 6.54 Å². The summed E-state index contributed by atoms with van der Waals surface area (Å²) in [5.41, 5.74) is 1.71. The van der Waals surface area contributed by atoms with Gasteiger partial charge in [0.2, 0.25) is 0 Å². The van der Waals surface area contributed by atoms with E-state index in [1.165, 1.54) is 17.8 Å². The number of aliphatic carboxylic acids is 1. The Labute approximate surface area is 190 Å². The first-order valence-corrected chi connectivity index (χ1v) is 11.1. The molecular formula is C23H23NO5S2. The van der Waals surface area contributed by atoms with E-state index in [0.29, 0.717) is 41.0 Å². The van der Waals surface area contributed by atoms with Gasteiger partial charge in [-0.15, -0.1) is 0 Å². The summed E-state index contributed by atoms with van der Waals surface area (Å²) in [6.45, 7) is 0.796.